The smallest absolute Gasteiger partial charge is 0.136 e. The minimum atomic E-state index is 0.315. The lowest BCUT2D eigenvalue weighted by atomic mass is 10.2. The monoisotopic (exact) mass is 234 g/mol. The van der Waals surface area contributed by atoms with Crippen LogP contribution in [0.25, 0.3) is 0 Å². The van der Waals surface area contributed by atoms with Gasteiger partial charge in [-0.05, 0) is 25.7 Å². The summed E-state index contributed by atoms with van der Waals surface area (Å²) < 4.78 is 5.56. The molecule has 1 aromatic rings. The van der Waals surface area contributed by atoms with Crippen molar-refractivity contribution in [3.05, 3.63) is 11.9 Å². The van der Waals surface area contributed by atoms with Gasteiger partial charge in [0.1, 0.15) is 17.5 Å². The van der Waals surface area contributed by atoms with Gasteiger partial charge in [0.2, 0.25) is 0 Å². The van der Waals surface area contributed by atoms with Gasteiger partial charge in [-0.25, -0.2) is 9.97 Å². The van der Waals surface area contributed by atoms with E-state index in [0.29, 0.717) is 17.8 Å². The Hall–Kier alpha value is -1.36. The van der Waals surface area contributed by atoms with Crippen LogP contribution in [0.4, 0.5) is 11.6 Å². The van der Waals surface area contributed by atoms with Crippen LogP contribution in [0.2, 0.25) is 0 Å². The Bertz CT molecular complexity index is 399. The zero-order chi connectivity index (χ0) is 11.7. The molecule has 3 N–H and O–H groups in total. The molecule has 1 aliphatic carbocycles. The van der Waals surface area contributed by atoms with Gasteiger partial charge in [0, 0.05) is 25.1 Å². The van der Waals surface area contributed by atoms with Gasteiger partial charge in [0.25, 0.3) is 0 Å². The second kappa shape index (κ2) is 4.49. The first kappa shape index (κ1) is 10.8. The van der Waals surface area contributed by atoms with Crippen molar-refractivity contribution in [2.75, 3.05) is 24.2 Å². The number of anilines is 2. The third-order valence-electron chi connectivity index (χ3n) is 3.24. The van der Waals surface area contributed by atoms with Gasteiger partial charge in [-0.15, -0.1) is 0 Å². The van der Waals surface area contributed by atoms with Crippen LogP contribution in [0, 0.1) is 0 Å². The first-order chi connectivity index (χ1) is 8.31. The van der Waals surface area contributed by atoms with Crippen molar-refractivity contribution in [1.29, 1.82) is 0 Å². The quantitative estimate of drug-likeness (QED) is 0.826. The zero-order valence-corrected chi connectivity index (χ0v) is 9.85. The summed E-state index contributed by atoms with van der Waals surface area (Å²) in [5.41, 5.74) is 5.79. The van der Waals surface area contributed by atoms with Crippen LogP contribution in [0.3, 0.4) is 0 Å². The number of ether oxygens (including phenoxy) is 1. The Morgan fingerprint density at radius 2 is 2.24 bits per heavy atom. The third-order valence-corrected chi connectivity index (χ3v) is 3.24. The van der Waals surface area contributed by atoms with Crippen LogP contribution in [0.15, 0.2) is 6.07 Å². The van der Waals surface area contributed by atoms with E-state index in [-0.39, 0.29) is 0 Å². The molecule has 0 spiro atoms. The zero-order valence-electron chi connectivity index (χ0n) is 9.85. The van der Waals surface area contributed by atoms with E-state index in [1.54, 1.807) is 6.07 Å². The van der Waals surface area contributed by atoms with Crippen molar-refractivity contribution in [3.63, 3.8) is 0 Å². The highest BCUT2D eigenvalue weighted by Crippen LogP contribution is 2.38. The number of nitrogen functional groups attached to an aromatic ring is 1. The average molecular weight is 234 g/mol. The first-order valence-corrected chi connectivity index (χ1v) is 6.31. The Balaban J connectivity index is 1.64. The molecule has 0 radical (unpaired) electrons. The van der Waals surface area contributed by atoms with Crippen molar-refractivity contribution in [2.24, 2.45) is 0 Å². The molecule has 5 heteroatoms. The number of nitrogens with two attached hydrogens (primary N) is 1. The van der Waals surface area contributed by atoms with Crippen LogP contribution in [-0.4, -0.2) is 29.2 Å². The lowest BCUT2D eigenvalue weighted by molar-refractivity contribution is 0.120. The number of rotatable bonds is 4. The third kappa shape index (κ3) is 2.66. The SMILES string of the molecule is Nc1cc(NC[C@@H]2CCCO2)nc(C2CC2)n1. The van der Waals surface area contributed by atoms with Gasteiger partial charge in [-0.3, -0.25) is 0 Å². The second-order valence-electron chi connectivity index (χ2n) is 4.83. The summed E-state index contributed by atoms with van der Waals surface area (Å²) in [5.74, 6) is 2.80. The summed E-state index contributed by atoms with van der Waals surface area (Å²) >= 11 is 0. The van der Waals surface area contributed by atoms with Crippen LogP contribution in [0.5, 0.6) is 0 Å². The standard InChI is InChI=1S/C12H18N4O/c13-10-6-11(14-7-9-2-1-5-17-9)16-12(15-10)8-3-4-8/h6,8-9H,1-5,7H2,(H3,13,14,15,16)/t9-/m0/s1. The van der Waals surface area contributed by atoms with Crippen molar-refractivity contribution in [2.45, 2.75) is 37.7 Å². The van der Waals surface area contributed by atoms with Crippen LogP contribution in [0.1, 0.15) is 37.4 Å². The Morgan fingerprint density at radius 3 is 2.94 bits per heavy atom. The summed E-state index contributed by atoms with van der Waals surface area (Å²) in [5, 5.41) is 3.29. The van der Waals surface area contributed by atoms with E-state index in [4.69, 9.17) is 10.5 Å². The molecule has 92 valence electrons. The molecule has 2 aliphatic rings. The highest BCUT2D eigenvalue weighted by atomic mass is 16.5. The summed E-state index contributed by atoms with van der Waals surface area (Å²) in [6.07, 6.45) is 4.98. The summed E-state index contributed by atoms with van der Waals surface area (Å²) in [6.45, 7) is 1.69. The average Bonchev–Trinajstić information content (AvgIpc) is 3.04. The molecule has 0 unspecified atom stereocenters. The molecule has 0 aromatic carbocycles. The van der Waals surface area contributed by atoms with Crippen LogP contribution >= 0.6 is 0 Å². The summed E-state index contributed by atoms with van der Waals surface area (Å²) in [7, 11) is 0. The lowest BCUT2D eigenvalue weighted by Crippen LogP contribution is -2.19. The largest absolute Gasteiger partial charge is 0.384 e. The fraction of sp³-hybridized carbons (Fsp3) is 0.667. The van der Waals surface area contributed by atoms with Crippen molar-refractivity contribution in [3.8, 4) is 0 Å². The van der Waals surface area contributed by atoms with E-state index in [2.05, 4.69) is 15.3 Å². The second-order valence-corrected chi connectivity index (χ2v) is 4.83. The Labute approximate surface area is 101 Å². The number of hydrogen-bond donors (Lipinski definition) is 2. The van der Waals surface area contributed by atoms with E-state index in [9.17, 15) is 0 Å². The molecule has 2 heterocycles. The molecular weight excluding hydrogens is 216 g/mol. The normalized spacial score (nSPS) is 23.9. The van der Waals surface area contributed by atoms with Crippen molar-refractivity contribution >= 4 is 11.6 Å². The predicted octanol–water partition coefficient (Wildman–Crippen LogP) is 1.53. The number of aromatic nitrogens is 2. The van der Waals surface area contributed by atoms with Crippen molar-refractivity contribution < 1.29 is 4.74 Å². The molecule has 1 saturated heterocycles. The Kier molecular flexibility index (Phi) is 2.84. The van der Waals surface area contributed by atoms with E-state index in [1.807, 2.05) is 0 Å². The molecule has 1 aromatic heterocycles. The number of nitrogens with zero attached hydrogens (tertiary/aromatic N) is 2. The molecule has 2 fully saturated rings. The fourth-order valence-corrected chi connectivity index (χ4v) is 2.12. The number of hydrogen-bond acceptors (Lipinski definition) is 5. The maximum absolute atomic E-state index is 5.79. The molecule has 3 rings (SSSR count). The molecule has 5 nitrogen and oxygen atoms in total. The van der Waals surface area contributed by atoms with E-state index in [0.717, 1.165) is 37.6 Å². The van der Waals surface area contributed by atoms with Gasteiger partial charge in [-0.2, -0.15) is 0 Å². The van der Waals surface area contributed by atoms with Crippen LogP contribution in [-0.2, 0) is 4.74 Å². The van der Waals surface area contributed by atoms with E-state index >= 15 is 0 Å². The lowest BCUT2D eigenvalue weighted by Gasteiger charge is -2.12. The molecule has 1 saturated carbocycles. The van der Waals surface area contributed by atoms with Gasteiger partial charge in [0.05, 0.1) is 6.10 Å². The minimum Gasteiger partial charge on any atom is -0.384 e. The van der Waals surface area contributed by atoms with E-state index in [1.165, 1.54) is 12.8 Å². The Morgan fingerprint density at radius 1 is 1.35 bits per heavy atom. The highest BCUT2D eigenvalue weighted by Gasteiger charge is 2.27. The highest BCUT2D eigenvalue weighted by molar-refractivity contribution is 5.45. The fourth-order valence-electron chi connectivity index (χ4n) is 2.12. The molecule has 0 amide bonds. The van der Waals surface area contributed by atoms with Gasteiger partial charge in [-0.1, -0.05) is 0 Å². The molecular formula is C12H18N4O. The molecule has 1 atom stereocenters. The van der Waals surface area contributed by atoms with Gasteiger partial charge < -0.3 is 15.8 Å². The summed E-state index contributed by atoms with van der Waals surface area (Å²) in [4.78, 5) is 8.77. The minimum absolute atomic E-state index is 0.315. The van der Waals surface area contributed by atoms with Gasteiger partial charge in [0.15, 0.2) is 0 Å². The molecule has 0 bridgehead atoms. The summed E-state index contributed by atoms with van der Waals surface area (Å²) in [6, 6.07) is 1.79. The topological polar surface area (TPSA) is 73.1 Å². The maximum atomic E-state index is 5.79. The van der Waals surface area contributed by atoms with E-state index < -0.39 is 0 Å². The number of nitrogens with one attached hydrogen (secondary N) is 1. The molecule has 17 heavy (non-hydrogen) atoms. The van der Waals surface area contributed by atoms with Crippen molar-refractivity contribution in [1.82, 2.24) is 9.97 Å². The van der Waals surface area contributed by atoms with Crippen LogP contribution < -0.4 is 11.1 Å². The predicted molar refractivity (Wildman–Crippen MR) is 65.9 cm³/mol. The van der Waals surface area contributed by atoms with Gasteiger partial charge >= 0.3 is 0 Å². The maximum Gasteiger partial charge on any atom is 0.136 e. The molecule has 1 aliphatic heterocycles. The first-order valence-electron chi connectivity index (χ1n) is 6.31.